The van der Waals surface area contributed by atoms with Gasteiger partial charge in [0.25, 0.3) is 0 Å². The Bertz CT molecular complexity index is 269. The van der Waals surface area contributed by atoms with Crippen molar-refractivity contribution in [1.29, 1.82) is 0 Å². The molecule has 3 nitrogen and oxygen atoms in total. The summed E-state index contributed by atoms with van der Waals surface area (Å²) >= 11 is 0. The van der Waals surface area contributed by atoms with Crippen molar-refractivity contribution in [2.45, 2.75) is 19.8 Å². The van der Waals surface area contributed by atoms with Gasteiger partial charge in [-0.05, 0) is 42.6 Å². The highest BCUT2D eigenvalue weighted by atomic mass is 16.5. The van der Waals surface area contributed by atoms with Crippen LogP contribution in [0.25, 0.3) is 0 Å². The van der Waals surface area contributed by atoms with Gasteiger partial charge in [0.2, 0.25) is 0 Å². The molecule has 0 bridgehead atoms. The van der Waals surface area contributed by atoms with E-state index in [1.54, 1.807) is 12.1 Å². The van der Waals surface area contributed by atoms with Crippen LogP contribution in [0.4, 0.5) is 5.69 Å². The molecule has 0 aliphatic heterocycles. The second-order valence-corrected chi connectivity index (χ2v) is 3.06. The fourth-order valence-electron chi connectivity index (χ4n) is 1.25. The molecule has 0 fully saturated rings. The summed E-state index contributed by atoms with van der Waals surface area (Å²) in [6.45, 7) is 3.56. The van der Waals surface area contributed by atoms with Gasteiger partial charge in [-0.15, -0.1) is 4.91 Å². The lowest BCUT2D eigenvalue weighted by Crippen LogP contribution is -1.95. The van der Waals surface area contributed by atoms with E-state index in [1.807, 2.05) is 19.1 Å². The quantitative estimate of drug-likeness (QED) is 0.514. The highest BCUT2D eigenvalue weighted by Gasteiger charge is 1.94. The highest BCUT2D eigenvalue weighted by molar-refractivity contribution is 5.38. The summed E-state index contributed by atoms with van der Waals surface area (Å²) in [5.74, 6) is 0. The molecule has 0 atom stereocenters. The Morgan fingerprint density at radius 3 is 2.57 bits per heavy atom. The van der Waals surface area contributed by atoms with Crippen LogP contribution in [0.5, 0.6) is 0 Å². The molecule has 0 N–H and O–H groups in total. The second-order valence-electron chi connectivity index (χ2n) is 3.06. The summed E-state index contributed by atoms with van der Waals surface area (Å²) in [4.78, 5) is 10.1. The molecule has 0 spiro atoms. The maximum Gasteiger partial charge on any atom is 0.108 e. The van der Waals surface area contributed by atoms with E-state index in [9.17, 15) is 4.91 Å². The monoisotopic (exact) mass is 193 g/mol. The molecule has 0 heterocycles. The minimum Gasteiger partial charge on any atom is -0.382 e. The predicted molar refractivity (Wildman–Crippen MR) is 56.7 cm³/mol. The Hall–Kier alpha value is -1.22. The van der Waals surface area contributed by atoms with Gasteiger partial charge in [0.15, 0.2) is 0 Å². The Labute approximate surface area is 84.1 Å². The van der Waals surface area contributed by atoms with Crippen molar-refractivity contribution in [2.75, 3.05) is 13.2 Å². The molecule has 1 aromatic carbocycles. The average Bonchev–Trinajstić information content (AvgIpc) is 2.25. The number of rotatable bonds is 6. The fourth-order valence-corrected chi connectivity index (χ4v) is 1.25. The van der Waals surface area contributed by atoms with Crippen molar-refractivity contribution in [3.63, 3.8) is 0 Å². The minimum atomic E-state index is 0.485. The van der Waals surface area contributed by atoms with Gasteiger partial charge in [-0.25, -0.2) is 0 Å². The van der Waals surface area contributed by atoms with Gasteiger partial charge >= 0.3 is 0 Å². The zero-order chi connectivity index (χ0) is 10.2. The first-order chi connectivity index (χ1) is 6.86. The van der Waals surface area contributed by atoms with Crippen LogP contribution >= 0.6 is 0 Å². The normalized spacial score (nSPS) is 10.1. The zero-order valence-corrected chi connectivity index (χ0v) is 8.40. The minimum absolute atomic E-state index is 0.485. The van der Waals surface area contributed by atoms with Crippen molar-refractivity contribution >= 4 is 5.69 Å². The first-order valence-electron chi connectivity index (χ1n) is 4.87. The largest absolute Gasteiger partial charge is 0.382 e. The van der Waals surface area contributed by atoms with E-state index in [0.717, 1.165) is 26.1 Å². The third kappa shape index (κ3) is 3.66. The Balaban J connectivity index is 2.32. The Morgan fingerprint density at radius 2 is 2.00 bits per heavy atom. The number of nitroso groups, excluding NO2 is 1. The molecule has 3 heteroatoms. The molecule has 0 aliphatic rings. The standard InChI is InChI=1S/C11H15NO2/c1-2-14-9-3-4-10-5-7-11(12-13)8-6-10/h5-8H,2-4,9H2,1H3. The first kappa shape index (κ1) is 10.9. The van der Waals surface area contributed by atoms with Crippen LogP contribution in [-0.2, 0) is 11.2 Å². The summed E-state index contributed by atoms with van der Waals surface area (Å²) in [6.07, 6.45) is 2.00. The lowest BCUT2D eigenvalue weighted by atomic mass is 10.1. The van der Waals surface area contributed by atoms with Crippen molar-refractivity contribution in [1.82, 2.24) is 0 Å². The van der Waals surface area contributed by atoms with E-state index in [1.165, 1.54) is 5.56 Å². The van der Waals surface area contributed by atoms with Crippen LogP contribution in [-0.4, -0.2) is 13.2 Å². The van der Waals surface area contributed by atoms with Gasteiger partial charge in [-0.3, -0.25) is 0 Å². The Kier molecular flexibility index (Phi) is 4.86. The van der Waals surface area contributed by atoms with E-state index in [2.05, 4.69) is 5.18 Å². The van der Waals surface area contributed by atoms with Crippen LogP contribution in [0, 0.1) is 4.91 Å². The smallest absolute Gasteiger partial charge is 0.108 e. The summed E-state index contributed by atoms with van der Waals surface area (Å²) < 4.78 is 5.23. The molecule has 0 aromatic heterocycles. The molecule has 0 radical (unpaired) electrons. The van der Waals surface area contributed by atoms with Gasteiger partial charge in [-0.1, -0.05) is 12.1 Å². The number of ether oxygens (including phenoxy) is 1. The topological polar surface area (TPSA) is 38.7 Å². The molecular weight excluding hydrogens is 178 g/mol. The molecule has 0 saturated heterocycles. The number of aryl methyl sites for hydroxylation is 1. The van der Waals surface area contributed by atoms with Crippen molar-refractivity contribution in [2.24, 2.45) is 5.18 Å². The number of benzene rings is 1. The summed E-state index contributed by atoms with van der Waals surface area (Å²) in [5, 5.41) is 2.85. The Morgan fingerprint density at radius 1 is 1.29 bits per heavy atom. The van der Waals surface area contributed by atoms with E-state index in [-0.39, 0.29) is 0 Å². The van der Waals surface area contributed by atoms with Crippen LogP contribution in [0.1, 0.15) is 18.9 Å². The molecular formula is C11H15NO2. The van der Waals surface area contributed by atoms with Crippen molar-refractivity contribution in [3.05, 3.63) is 34.7 Å². The van der Waals surface area contributed by atoms with Gasteiger partial charge in [0.1, 0.15) is 5.69 Å². The van der Waals surface area contributed by atoms with E-state index in [0.29, 0.717) is 5.69 Å². The molecule has 0 amide bonds. The molecule has 0 saturated carbocycles. The summed E-state index contributed by atoms with van der Waals surface area (Å²) in [7, 11) is 0. The number of hydrogen-bond donors (Lipinski definition) is 0. The number of nitrogens with zero attached hydrogens (tertiary/aromatic N) is 1. The van der Waals surface area contributed by atoms with Gasteiger partial charge in [-0.2, -0.15) is 0 Å². The molecule has 1 rings (SSSR count). The zero-order valence-electron chi connectivity index (χ0n) is 8.40. The predicted octanol–water partition coefficient (Wildman–Crippen LogP) is 3.05. The molecule has 14 heavy (non-hydrogen) atoms. The van der Waals surface area contributed by atoms with Gasteiger partial charge in [0.05, 0.1) is 0 Å². The van der Waals surface area contributed by atoms with Crippen molar-refractivity contribution < 1.29 is 4.74 Å². The lowest BCUT2D eigenvalue weighted by molar-refractivity contribution is 0.145. The fraction of sp³-hybridized carbons (Fsp3) is 0.455. The average molecular weight is 193 g/mol. The van der Waals surface area contributed by atoms with Crippen molar-refractivity contribution in [3.8, 4) is 0 Å². The summed E-state index contributed by atoms with van der Waals surface area (Å²) in [6, 6.07) is 7.34. The lowest BCUT2D eigenvalue weighted by Gasteiger charge is -2.01. The number of hydrogen-bond acceptors (Lipinski definition) is 3. The molecule has 1 aromatic rings. The molecule has 0 unspecified atom stereocenters. The van der Waals surface area contributed by atoms with Crippen LogP contribution in [0.2, 0.25) is 0 Å². The van der Waals surface area contributed by atoms with Gasteiger partial charge in [0, 0.05) is 13.2 Å². The van der Waals surface area contributed by atoms with Gasteiger partial charge < -0.3 is 4.74 Å². The molecule has 76 valence electrons. The second kappa shape index (κ2) is 6.27. The maximum atomic E-state index is 10.1. The SMILES string of the molecule is CCOCCCc1ccc(N=O)cc1. The van der Waals surface area contributed by atoms with Crippen LogP contribution < -0.4 is 0 Å². The van der Waals surface area contributed by atoms with E-state index in [4.69, 9.17) is 4.74 Å². The van der Waals surface area contributed by atoms with Crippen LogP contribution in [0.15, 0.2) is 29.4 Å². The third-order valence-electron chi connectivity index (χ3n) is 2.00. The maximum absolute atomic E-state index is 10.1. The first-order valence-corrected chi connectivity index (χ1v) is 4.87. The highest BCUT2D eigenvalue weighted by Crippen LogP contribution is 2.13. The van der Waals surface area contributed by atoms with Crippen LogP contribution in [0.3, 0.4) is 0 Å². The molecule has 0 aliphatic carbocycles. The van der Waals surface area contributed by atoms with E-state index < -0.39 is 0 Å². The third-order valence-corrected chi connectivity index (χ3v) is 2.00. The summed E-state index contributed by atoms with van der Waals surface area (Å²) in [5.41, 5.74) is 1.70. The van der Waals surface area contributed by atoms with E-state index >= 15 is 0 Å².